The fraction of sp³-hybridized carbons (Fsp3) is 0.400. The number of rotatable bonds is 7. The third-order valence-corrected chi connectivity index (χ3v) is 4.68. The van der Waals surface area contributed by atoms with E-state index in [9.17, 15) is 13.2 Å². The first-order valence-corrected chi connectivity index (χ1v) is 8.05. The maximum Gasteiger partial charge on any atom is 0.335 e. The molecule has 21 heavy (non-hydrogen) atoms. The maximum absolute atomic E-state index is 12.2. The van der Waals surface area contributed by atoms with Gasteiger partial charge in [0.1, 0.15) is 0 Å². The topological polar surface area (TPSA) is 83.5 Å². The second kappa shape index (κ2) is 7.25. The van der Waals surface area contributed by atoms with Gasteiger partial charge in [-0.2, -0.15) is 0 Å². The molecule has 0 aliphatic heterocycles. The van der Waals surface area contributed by atoms with Gasteiger partial charge in [0.05, 0.1) is 10.5 Å². The van der Waals surface area contributed by atoms with Crippen LogP contribution in [0.15, 0.2) is 17.0 Å². The van der Waals surface area contributed by atoms with Gasteiger partial charge in [-0.05, 0) is 43.9 Å². The Hall–Kier alpha value is -1.84. The first-order chi connectivity index (χ1) is 9.79. The van der Waals surface area contributed by atoms with Gasteiger partial charge in [-0.15, -0.1) is 12.3 Å². The van der Waals surface area contributed by atoms with Crippen LogP contribution in [0.1, 0.15) is 40.7 Å². The third-order valence-electron chi connectivity index (χ3n) is 3.08. The van der Waals surface area contributed by atoms with E-state index in [2.05, 4.69) is 10.6 Å². The molecule has 0 atom stereocenters. The normalized spacial score (nSPS) is 11.1. The van der Waals surface area contributed by atoms with E-state index in [0.717, 1.165) is 6.42 Å². The van der Waals surface area contributed by atoms with Crippen molar-refractivity contribution in [3.8, 4) is 12.3 Å². The Morgan fingerprint density at radius 2 is 1.95 bits per heavy atom. The molecule has 0 aliphatic carbocycles. The van der Waals surface area contributed by atoms with Gasteiger partial charge in [-0.1, -0.05) is 6.07 Å². The van der Waals surface area contributed by atoms with Gasteiger partial charge >= 0.3 is 5.97 Å². The summed E-state index contributed by atoms with van der Waals surface area (Å²) in [5, 5.41) is 9.09. The van der Waals surface area contributed by atoms with Crippen LogP contribution in [0.4, 0.5) is 0 Å². The molecule has 0 spiro atoms. The Morgan fingerprint density at radius 1 is 1.29 bits per heavy atom. The quantitative estimate of drug-likeness (QED) is 0.596. The SMILES string of the molecule is C#CCCCCNS(=O)(=O)c1cc(C(=O)O)c(C)cc1C. The average Bonchev–Trinajstić information content (AvgIpc) is 2.37. The van der Waals surface area contributed by atoms with Crippen LogP contribution in [-0.4, -0.2) is 26.0 Å². The zero-order valence-corrected chi connectivity index (χ0v) is 13.0. The van der Waals surface area contributed by atoms with E-state index < -0.39 is 16.0 Å². The van der Waals surface area contributed by atoms with Gasteiger partial charge in [0.25, 0.3) is 0 Å². The number of carbonyl (C=O) groups is 1. The molecule has 1 aromatic carbocycles. The lowest BCUT2D eigenvalue weighted by atomic mass is 10.1. The van der Waals surface area contributed by atoms with E-state index >= 15 is 0 Å². The van der Waals surface area contributed by atoms with Crippen LogP contribution < -0.4 is 4.72 Å². The summed E-state index contributed by atoms with van der Waals surface area (Å²) in [5.74, 6) is 1.35. The van der Waals surface area contributed by atoms with Gasteiger partial charge < -0.3 is 5.11 Å². The molecule has 0 saturated heterocycles. The molecule has 0 aromatic heterocycles. The number of sulfonamides is 1. The van der Waals surface area contributed by atoms with Crippen molar-refractivity contribution in [1.29, 1.82) is 0 Å². The molecule has 6 heteroatoms. The van der Waals surface area contributed by atoms with Crippen molar-refractivity contribution in [3.63, 3.8) is 0 Å². The standard InChI is InChI=1S/C15H19NO4S/c1-4-5-6-7-8-16-21(19,20)14-10-13(15(17)18)11(2)9-12(14)3/h1,9-10,16H,5-8H2,2-3H3,(H,17,18). The van der Waals surface area contributed by atoms with E-state index in [-0.39, 0.29) is 17.0 Å². The lowest BCUT2D eigenvalue weighted by Gasteiger charge is -2.11. The first-order valence-electron chi connectivity index (χ1n) is 6.57. The predicted octanol–water partition coefficient (Wildman–Crippen LogP) is 2.08. The summed E-state index contributed by atoms with van der Waals surface area (Å²) in [6.45, 7) is 3.56. The monoisotopic (exact) mass is 309 g/mol. The van der Waals surface area contributed by atoms with Crippen molar-refractivity contribution in [1.82, 2.24) is 4.72 Å². The van der Waals surface area contributed by atoms with E-state index in [4.69, 9.17) is 11.5 Å². The van der Waals surface area contributed by atoms with Crippen LogP contribution in [0.5, 0.6) is 0 Å². The van der Waals surface area contributed by atoms with Crippen LogP contribution in [0.2, 0.25) is 0 Å². The maximum atomic E-state index is 12.2. The number of unbranched alkanes of at least 4 members (excludes halogenated alkanes) is 2. The van der Waals surface area contributed by atoms with Crippen LogP contribution >= 0.6 is 0 Å². The zero-order valence-electron chi connectivity index (χ0n) is 12.1. The fourth-order valence-corrected chi connectivity index (χ4v) is 3.31. The number of aryl methyl sites for hydroxylation is 2. The van der Waals surface area contributed by atoms with Crippen LogP contribution in [0, 0.1) is 26.2 Å². The highest BCUT2D eigenvalue weighted by molar-refractivity contribution is 7.89. The molecule has 1 rings (SSSR count). The minimum Gasteiger partial charge on any atom is -0.478 e. The second-order valence-electron chi connectivity index (χ2n) is 4.80. The Kier molecular flexibility index (Phi) is 5.94. The Morgan fingerprint density at radius 3 is 2.52 bits per heavy atom. The number of nitrogens with one attached hydrogen (secondary N) is 1. The molecule has 0 fully saturated rings. The number of carboxylic acids is 1. The second-order valence-corrected chi connectivity index (χ2v) is 6.53. The van der Waals surface area contributed by atoms with E-state index in [1.54, 1.807) is 19.9 Å². The minimum atomic E-state index is -3.72. The number of carboxylic acid groups (broad SMARTS) is 1. The number of hydrogen-bond donors (Lipinski definition) is 2. The molecule has 0 heterocycles. The van der Waals surface area contributed by atoms with Crippen molar-refractivity contribution in [3.05, 3.63) is 28.8 Å². The summed E-state index contributed by atoms with van der Waals surface area (Å²) in [6, 6.07) is 2.77. The first kappa shape index (κ1) is 17.2. The van der Waals surface area contributed by atoms with Crippen LogP contribution in [-0.2, 0) is 10.0 Å². The van der Waals surface area contributed by atoms with E-state index in [1.165, 1.54) is 6.07 Å². The lowest BCUT2D eigenvalue weighted by molar-refractivity contribution is 0.0696. The number of terminal acetylenes is 1. The molecule has 114 valence electrons. The van der Waals surface area contributed by atoms with Gasteiger partial charge in [-0.3, -0.25) is 0 Å². The molecule has 0 radical (unpaired) electrons. The smallest absolute Gasteiger partial charge is 0.335 e. The van der Waals surface area contributed by atoms with Crippen molar-refractivity contribution in [2.24, 2.45) is 0 Å². The van der Waals surface area contributed by atoms with Crippen molar-refractivity contribution < 1.29 is 18.3 Å². The van der Waals surface area contributed by atoms with Crippen molar-refractivity contribution in [2.45, 2.75) is 38.0 Å². The summed E-state index contributed by atoms with van der Waals surface area (Å²) in [7, 11) is -3.72. The molecule has 1 aromatic rings. The molecule has 2 N–H and O–H groups in total. The van der Waals surface area contributed by atoms with Gasteiger partial charge in [0.15, 0.2) is 0 Å². The summed E-state index contributed by atoms with van der Waals surface area (Å²) in [5.41, 5.74) is 1.05. The predicted molar refractivity (Wildman–Crippen MR) is 80.7 cm³/mol. The summed E-state index contributed by atoms with van der Waals surface area (Å²) in [6.07, 6.45) is 7.11. The molecule has 0 saturated carbocycles. The Labute approximate surface area is 125 Å². The molecular weight excluding hydrogens is 290 g/mol. The summed E-state index contributed by atoms with van der Waals surface area (Å²) in [4.78, 5) is 11.1. The Bertz CT molecular complexity index is 672. The van der Waals surface area contributed by atoms with Crippen LogP contribution in [0.25, 0.3) is 0 Å². The third kappa shape index (κ3) is 4.59. The highest BCUT2D eigenvalue weighted by Gasteiger charge is 2.20. The molecule has 5 nitrogen and oxygen atoms in total. The van der Waals surface area contributed by atoms with E-state index in [1.807, 2.05) is 0 Å². The highest BCUT2D eigenvalue weighted by atomic mass is 32.2. The lowest BCUT2D eigenvalue weighted by Crippen LogP contribution is -2.26. The molecule has 0 bridgehead atoms. The summed E-state index contributed by atoms with van der Waals surface area (Å²) >= 11 is 0. The zero-order chi connectivity index (χ0) is 16.0. The van der Waals surface area contributed by atoms with Gasteiger partial charge in [0, 0.05) is 13.0 Å². The molecule has 0 aliphatic rings. The van der Waals surface area contributed by atoms with Crippen LogP contribution in [0.3, 0.4) is 0 Å². The van der Waals surface area contributed by atoms with Gasteiger partial charge in [0.2, 0.25) is 10.0 Å². The number of hydrogen-bond acceptors (Lipinski definition) is 3. The average molecular weight is 309 g/mol. The molecule has 0 amide bonds. The molecular formula is C15H19NO4S. The minimum absolute atomic E-state index is 0.00227. The van der Waals surface area contributed by atoms with Crippen molar-refractivity contribution in [2.75, 3.05) is 6.54 Å². The largest absolute Gasteiger partial charge is 0.478 e. The fourth-order valence-electron chi connectivity index (χ4n) is 1.99. The number of benzene rings is 1. The van der Waals surface area contributed by atoms with Crippen molar-refractivity contribution >= 4 is 16.0 Å². The highest BCUT2D eigenvalue weighted by Crippen LogP contribution is 2.20. The number of aromatic carboxylic acids is 1. The van der Waals surface area contributed by atoms with E-state index in [0.29, 0.717) is 24.0 Å². The molecule has 0 unspecified atom stereocenters. The summed E-state index contributed by atoms with van der Waals surface area (Å²) < 4.78 is 26.9. The Balaban J connectivity index is 2.95. The van der Waals surface area contributed by atoms with Gasteiger partial charge in [-0.25, -0.2) is 17.9 Å².